The van der Waals surface area contributed by atoms with Crippen molar-refractivity contribution in [3.63, 3.8) is 0 Å². The number of carbonyl (C=O) groups is 3. The number of primary amides is 1. The fraction of sp³-hybridized carbons (Fsp3) is 0.167. The van der Waals surface area contributed by atoms with Crippen molar-refractivity contribution in [1.29, 1.82) is 0 Å². The van der Waals surface area contributed by atoms with Gasteiger partial charge in [0.25, 0.3) is 5.91 Å². The number of carbonyl (C=O) groups excluding carboxylic acids is 3. The highest BCUT2D eigenvalue weighted by Gasteiger charge is 2.22. The van der Waals surface area contributed by atoms with Gasteiger partial charge in [0.2, 0.25) is 5.91 Å². The number of hydrogen-bond donors (Lipinski definition) is 3. The van der Waals surface area contributed by atoms with Gasteiger partial charge in [0.15, 0.2) is 6.10 Å². The van der Waals surface area contributed by atoms with Crippen LogP contribution >= 0.6 is 11.6 Å². The summed E-state index contributed by atoms with van der Waals surface area (Å²) in [6, 6.07) is 8.66. The summed E-state index contributed by atoms with van der Waals surface area (Å²) < 4.78 is 10.3. The van der Waals surface area contributed by atoms with Crippen molar-refractivity contribution < 1.29 is 23.9 Å². The highest BCUT2D eigenvalue weighted by Crippen LogP contribution is 2.29. The normalized spacial score (nSPS) is 11.4. The van der Waals surface area contributed by atoms with E-state index in [9.17, 15) is 14.4 Å². The lowest BCUT2D eigenvalue weighted by Gasteiger charge is -2.15. The summed E-state index contributed by atoms with van der Waals surface area (Å²) in [6.45, 7) is 1.41. The van der Waals surface area contributed by atoms with Crippen LogP contribution in [0.2, 0.25) is 5.02 Å². The Hall–Kier alpha value is -3.26. The average Bonchev–Trinajstić information content (AvgIpc) is 2.63. The van der Waals surface area contributed by atoms with Crippen LogP contribution in [0.15, 0.2) is 36.4 Å². The first-order valence-corrected chi connectivity index (χ1v) is 8.15. The van der Waals surface area contributed by atoms with E-state index in [0.29, 0.717) is 11.3 Å². The summed E-state index contributed by atoms with van der Waals surface area (Å²) >= 11 is 5.93. The number of anilines is 2. The minimum Gasteiger partial charge on any atom is -0.496 e. The van der Waals surface area contributed by atoms with E-state index in [2.05, 4.69) is 5.32 Å². The zero-order valence-corrected chi connectivity index (χ0v) is 15.4. The van der Waals surface area contributed by atoms with Crippen molar-refractivity contribution in [2.75, 3.05) is 18.2 Å². The van der Waals surface area contributed by atoms with E-state index in [1.807, 2.05) is 0 Å². The number of nitrogens with two attached hydrogens (primary N) is 2. The number of benzene rings is 2. The number of nitrogens with one attached hydrogen (secondary N) is 1. The molecule has 2 rings (SSSR count). The lowest BCUT2D eigenvalue weighted by molar-refractivity contribution is -0.123. The average molecular weight is 392 g/mol. The molecule has 0 bridgehead atoms. The quantitative estimate of drug-likeness (QED) is 0.510. The molecule has 0 heterocycles. The van der Waals surface area contributed by atoms with E-state index in [4.69, 9.17) is 32.5 Å². The van der Waals surface area contributed by atoms with Crippen LogP contribution in [0.25, 0.3) is 0 Å². The first-order valence-electron chi connectivity index (χ1n) is 7.77. The first-order chi connectivity index (χ1) is 12.7. The van der Waals surface area contributed by atoms with Crippen LogP contribution in [0.3, 0.4) is 0 Å². The largest absolute Gasteiger partial charge is 0.496 e. The third-order valence-electron chi connectivity index (χ3n) is 3.63. The predicted molar refractivity (Wildman–Crippen MR) is 101 cm³/mol. The minimum absolute atomic E-state index is 0.0437. The topological polar surface area (TPSA) is 134 Å². The van der Waals surface area contributed by atoms with Crippen molar-refractivity contribution in [1.82, 2.24) is 0 Å². The van der Waals surface area contributed by atoms with Gasteiger partial charge in [0.05, 0.1) is 17.8 Å². The summed E-state index contributed by atoms with van der Waals surface area (Å²) in [6.07, 6.45) is -1.10. The fourth-order valence-corrected chi connectivity index (χ4v) is 2.30. The van der Waals surface area contributed by atoms with Gasteiger partial charge in [-0.1, -0.05) is 11.6 Å². The van der Waals surface area contributed by atoms with Gasteiger partial charge in [-0.2, -0.15) is 0 Å². The number of nitrogen functional groups attached to an aromatic ring is 1. The molecule has 0 fully saturated rings. The molecule has 0 saturated heterocycles. The van der Waals surface area contributed by atoms with Crippen LogP contribution in [0.4, 0.5) is 11.4 Å². The van der Waals surface area contributed by atoms with Gasteiger partial charge >= 0.3 is 5.97 Å². The molecule has 27 heavy (non-hydrogen) atoms. The van der Waals surface area contributed by atoms with Crippen molar-refractivity contribution in [2.24, 2.45) is 5.73 Å². The molecular formula is C18H18ClN3O5. The monoisotopic (exact) mass is 391 g/mol. The molecule has 2 aromatic carbocycles. The SMILES string of the molecule is COc1cc(N)c(Cl)cc1C(=O)O[C@H](C)C(=O)Nc1ccc(C(N)=O)cc1. The Morgan fingerprint density at radius 2 is 1.78 bits per heavy atom. The smallest absolute Gasteiger partial charge is 0.342 e. The molecule has 0 unspecified atom stereocenters. The number of hydrogen-bond acceptors (Lipinski definition) is 6. The molecule has 2 amide bonds. The van der Waals surface area contributed by atoms with Crippen LogP contribution in [0.5, 0.6) is 5.75 Å². The number of methoxy groups -OCH3 is 1. The molecule has 2 aromatic rings. The standard InChI is InChI=1S/C18H18ClN3O5/c1-9(17(24)22-11-5-3-10(4-6-11)16(21)23)27-18(25)12-7-13(19)14(20)8-15(12)26-2/h3-9H,20H2,1-2H3,(H2,21,23)(H,22,24)/t9-/m1/s1. The third-order valence-corrected chi connectivity index (χ3v) is 3.96. The van der Waals surface area contributed by atoms with E-state index in [0.717, 1.165) is 0 Å². The molecule has 0 aliphatic heterocycles. The molecule has 5 N–H and O–H groups in total. The first kappa shape index (κ1) is 20.1. The van der Waals surface area contributed by atoms with E-state index < -0.39 is 23.9 Å². The van der Waals surface area contributed by atoms with Gasteiger partial charge in [-0.15, -0.1) is 0 Å². The molecule has 1 atom stereocenters. The van der Waals surface area contributed by atoms with E-state index in [-0.39, 0.29) is 22.0 Å². The van der Waals surface area contributed by atoms with E-state index in [1.165, 1.54) is 50.4 Å². The molecule has 0 saturated carbocycles. The summed E-state index contributed by atoms with van der Waals surface area (Å²) in [4.78, 5) is 35.6. The Kier molecular flexibility index (Phi) is 6.25. The molecule has 9 heteroatoms. The summed E-state index contributed by atoms with van der Waals surface area (Å²) in [5.41, 5.74) is 11.8. The Bertz CT molecular complexity index is 883. The van der Waals surface area contributed by atoms with Crippen LogP contribution in [-0.4, -0.2) is 31.0 Å². The Morgan fingerprint density at radius 1 is 1.15 bits per heavy atom. The van der Waals surface area contributed by atoms with Crippen molar-refractivity contribution in [2.45, 2.75) is 13.0 Å². The van der Waals surface area contributed by atoms with Gasteiger partial charge in [-0.05, 0) is 37.3 Å². The maximum atomic E-state index is 12.3. The van der Waals surface area contributed by atoms with Gasteiger partial charge < -0.3 is 26.3 Å². The number of ether oxygens (including phenoxy) is 2. The van der Waals surface area contributed by atoms with Crippen LogP contribution < -0.4 is 21.5 Å². The minimum atomic E-state index is -1.10. The van der Waals surface area contributed by atoms with Crippen LogP contribution in [0, 0.1) is 0 Å². The molecule has 0 aromatic heterocycles. The molecule has 8 nitrogen and oxygen atoms in total. The highest BCUT2D eigenvalue weighted by molar-refractivity contribution is 6.33. The van der Waals surface area contributed by atoms with Gasteiger partial charge in [-0.3, -0.25) is 9.59 Å². The van der Waals surface area contributed by atoms with E-state index >= 15 is 0 Å². The van der Waals surface area contributed by atoms with Crippen LogP contribution in [0.1, 0.15) is 27.6 Å². The Morgan fingerprint density at radius 3 is 2.33 bits per heavy atom. The second-order valence-electron chi connectivity index (χ2n) is 5.55. The van der Waals surface area contributed by atoms with Crippen molar-refractivity contribution >= 4 is 40.8 Å². The number of esters is 1. The summed E-state index contributed by atoms with van der Waals surface area (Å²) in [5, 5.41) is 2.73. The Labute approximate surface area is 160 Å². The highest BCUT2D eigenvalue weighted by atomic mass is 35.5. The van der Waals surface area contributed by atoms with Crippen molar-refractivity contribution in [3.05, 3.63) is 52.5 Å². The third kappa shape index (κ3) is 4.89. The number of amides is 2. The van der Waals surface area contributed by atoms with Gasteiger partial charge in [0.1, 0.15) is 11.3 Å². The molecule has 0 aliphatic carbocycles. The zero-order chi connectivity index (χ0) is 20.1. The van der Waals surface area contributed by atoms with Crippen molar-refractivity contribution in [3.8, 4) is 5.75 Å². The van der Waals surface area contributed by atoms with Crippen LogP contribution in [-0.2, 0) is 9.53 Å². The lowest BCUT2D eigenvalue weighted by atomic mass is 10.1. The molecular weight excluding hydrogens is 374 g/mol. The molecule has 0 spiro atoms. The number of halogens is 1. The number of rotatable bonds is 6. The second kappa shape index (κ2) is 8.41. The maximum absolute atomic E-state index is 12.3. The predicted octanol–water partition coefficient (Wildman–Crippen LogP) is 2.21. The Balaban J connectivity index is 2.06. The molecule has 0 radical (unpaired) electrons. The summed E-state index contributed by atoms with van der Waals surface area (Å²) in [7, 11) is 1.37. The van der Waals surface area contributed by atoms with Gasteiger partial charge in [0, 0.05) is 17.3 Å². The fourth-order valence-electron chi connectivity index (χ4n) is 2.14. The zero-order valence-electron chi connectivity index (χ0n) is 14.6. The lowest BCUT2D eigenvalue weighted by Crippen LogP contribution is -2.30. The van der Waals surface area contributed by atoms with E-state index in [1.54, 1.807) is 0 Å². The molecule has 0 aliphatic rings. The molecule has 142 valence electrons. The summed E-state index contributed by atoms with van der Waals surface area (Å²) in [5.74, 6) is -1.75. The second-order valence-corrected chi connectivity index (χ2v) is 5.96. The van der Waals surface area contributed by atoms with Gasteiger partial charge in [-0.25, -0.2) is 4.79 Å². The maximum Gasteiger partial charge on any atom is 0.342 e.